The van der Waals surface area contributed by atoms with Crippen LogP contribution in [0.5, 0.6) is 0 Å². The fraction of sp³-hybridized carbons (Fsp3) is 0.811. The summed E-state index contributed by atoms with van der Waals surface area (Å²) in [5, 5.41) is 23.8. The summed E-state index contributed by atoms with van der Waals surface area (Å²) < 4.78 is 21.9. The van der Waals surface area contributed by atoms with Crippen LogP contribution in [0.15, 0.2) is 36.5 Å². The molecule has 0 aromatic carbocycles. The Morgan fingerprint density at radius 2 is 1.21 bits per heavy atom. The first-order valence-electron chi connectivity index (χ1n) is 18.7. The van der Waals surface area contributed by atoms with E-state index < -0.39 is 38.6 Å². The number of nitrogens with one attached hydrogen (secondary N) is 1. The molecule has 6 N–H and O–H groups in total. The third-order valence-electron chi connectivity index (χ3n) is 8.00. The van der Waals surface area contributed by atoms with Crippen molar-refractivity contribution in [2.45, 2.75) is 173 Å². The van der Waals surface area contributed by atoms with Gasteiger partial charge in [-0.25, -0.2) is 4.57 Å². The standard InChI is InChI=1S/C37H71N2O7P/c1-3-5-7-9-11-13-15-16-17-18-19-21-23-25-27-29-36(41)35(33-46-47(43,44)45-31-30-38)39-37(42)32-34(40)28-26-24-22-20-14-12-10-8-6-4-2/h15-16,19,21,27,29,34-36,40-41H,3-14,17-18,20,22-26,28,30-33,38H2,1-2H3,(H,39,42)(H,43,44)/b16-15+,21-19+,29-27+. The number of aliphatic hydroxyl groups is 2. The molecule has 0 radical (unpaired) electrons. The molecular formula is C37H71N2O7P. The van der Waals surface area contributed by atoms with Crippen LogP contribution in [-0.4, -0.2) is 59.0 Å². The summed E-state index contributed by atoms with van der Waals surface area (Å²) >= 11 is 0. The van der Waals surface area contributed by atoms with Gasteiger partial charge < -0.3 is 26.2 Å². The molecule has 0 rings (SSSR count). The molecule has 0 aromatic rings. The van der Waals surface area contributed by atoms with Crippen LogP contribution in [0.1, 0.15) is 155 Å². The quantitative estimate of drug-likeness (QED) is 0.0257. The van der Waals surface area contributed by atoms with Crippen molar-refractivity contribution in [2.75, 3.05) is 19.8 Å². The fourth-order valence-electron chi connectivity index (χ4n) is 5.15. The third kappa shape index (κ3) is 31.7. The van der Waals surface area contributed by atoms with Crippen molar-refractivity contribution in [3.05, 3.63) is 36.5 Å². The van der Waals surface area contributed by atoms with Gasteiger partial charge in [0.25, 0.3) is 0 Å². The Bertz CT molecular complexity index is 853. The zero-order valence-electron chi connectivity index (χ0n) is 29.9. The molecule has 0 bridgehead atoms. The van der Waals surface area contributed by atoms with Crippen LogP contribution in [0.3, 0.4) is 0 Å². The van der Waals surface area contributed by atoms with E-state index in [4.69, 9.17) is 14.8 Å². The molecule has 1 amide bonds. The summed E-state index contributed by atoms with van der Waals surface area (Å²) in [6, 6.07) is -1.00. The minimum atomic E-state index is -4.40. The number of carbonyl (C=O) groups is 1. The Labute approximate surface area is 287 Å². The maximum absolute atomic E-state index is 12.7. The van der Waals surface area contributed by atoms with E-state index in [0.29, 0.717) is 12.8 Å². The third-order valence-corrected chi connectivity index (χ3v) is 8.99. The molecule has 47 heavy (non-hydrogen) atoms. The van der Waals surface area contributed by atoms with Crippen LogP contribution < -0.4 is 11.1 Å². The summed E-state index contributed by atoms with van der Waals surface area (Å²) in [6.45, 7) is 3.89. The van der Waals surface area contributed by atoms with Crippen molar-refractivity contribution in [1.82, 2.24) is 5.32 Å². The molecule has 0 heterocycles. The highest BCUT2D eigenvalue weighted by Gasteiger charge is 2.27. The highest BCUT2D eigenvalue weighted by Crippen LogP contribution is 2.43. The summed E-state index contributed by atoms with van der Waals surface area (Å²) in [5.74, 6) is -0.463. The average molecular weight is 687 g/mol. The molecule has 9 nitrogen and oxygen atoms in total. The van der Waals surface area contributed by atoms with Crippen LogP contribution in [0, 0.1) is 0 Å². The Balaban J connectivity index is 4.55. The van der Waals surface area contributed by atoms with E-state index in [9.17, 15) is 24.5 Å². The number of nitrogens with two attached hydrogens (primary N) is 1. The van der Waals surface area contributed by atoms with Gasteiger partial charge in [-0.15, -0.1) is 0 Å². The predicted octanol–water partition coefficient (Wildman–Crippen LogP) is 8.58. The van der Waals surface area contributed by atoms with Crippen LogP contribution >= 0.6 is 7.82 Å². The lowest BCUT2D eigenvalue weighted by atomic mass is 10.0. The molecule has 4 atom stereocenters. The van der Waals surface area contributed by atoms with E-state index in [2.05, 4.69) is 43.5 Å². The van der Waals surface area contributed by atoms with Gasteiger partial charge >= 0.3 is 7.82 Å². The van der Waals surface area contributed by atoms with Gasteiger partial charge in [0.1, 0.15) is 0 Å². The smallest absolute Gasteiger partial charge is 0.393 e. The van der Waals surface area contributed by atoms with E-state index in [1.807, 2.05) is 6.08 Å². The number of rotatable bonds is 34. The first-order chi connectivity index (χ1) is 22.8. The second kappa shape index (κ2) is 33.2. The lowest BCUT2D eigenvalue weighted by Gasteiger charge is -2.24. The van der Waals surface area contributed by atoms with Crippen molar-refractivity contribution in [3.63, 3.8) is 0 Å². The molecular weight excluding hydrogens is 615 g/mol. The number of aliphatic hydroxyl groups excluding tert-OH is 2. The maximum Gasteiger partial charge on any atom is 0.472 e. The van der Waals surface area contributed by atoms with E-state index in [-0.39, 0.29) is 19.6 Å². The highest BCUT2D eigenvalue weighted by molar-refractivity contribution is 7.47. The van der Waals surface area contributed by atoms with E-state index in [0.717, 1.165) is 44.9 Å². The molecule has 0 aliphatic heterocycles. The summed E-state index contributed by atoms with van der Waals surface area (Å²) in [5.41, 5.74) is 5.33. The first-order valence-corrected chi connectivity index (χ1v) is 20.2. The summed E-state index contributed by atoms with van der Waals surface area (Å²) in [4.78, 5) is 22.6. The Kier molecular flexibility index (Phi) is 32.3. The zero-order valence-corrected chi connectivity index (χ0v) is 30.8. The van der Waals surface area contributed by atoms with Gasteiger partial charge in [-0.3, -0.25) is 13.8 Å². The van der Waals surface area contributed by atoms with Crippen molar-refractivity contribution in [3.8, 4) is 0 Å². The lowest BCUT2D eigenvalue weighted by molar-refractivity contribution is -0.124. The molecule has 10 heteroatoms. The minimum absolute atomic E-state index is 0.0424. The van der Waals surface area contributed by atoms with E-state index in [1.54, 1.807) is 6.08 Å². The second-order valence-electron chi connectivity index (χ2n) is 12.6. The highest BCUT2D eigenvalue weighted by atomic mass is 31.2. The number of carbonyl (C=O) groups excluding carboxylic acids is 1. The lowest BCUT2D eigenvalue weighted by Crippen LogP contribution is -2.46. The largest absolute Gasteiger partial charge is 0.472 e. The molecule has 0 spiro atoms. The van der Waals surface area contributed by atoms with Gasteiger partial charge in [-0.2, -0.15) is 0 Å². The molecule has 276 valence electrons. The van der Waals surface area contributed by atoms with Gasteiger partial charge in [0.05, 0.1) is 37.9 Å². The second-order valence-corrected chi connectivity index (χ2v) is 14.1. The normalized spacial score (nSPS) is 15.4. The van der Waals surface area contributed by atoms with Crippen LogP contribution in [0.2, 0.25) is 0 Å². The van der Waals surface area contributed by atoms with Gasteiger partial charge in [-0.05, 0) is 44.9 Å². The molecule has 0 aliphatic rings. The Morgan fingerprint density at radius 1 is 0.723 bits per heavy atom. The van der Waals surface area contributed by atoms with Crippen LogP contribution in [-0.2, 0) is 18.4 Å². The van der Waals surface area contributed by atoms with Crippen LogP contribution in [0.4, 0.5) is 0 Å². The first kappa shape index (κ1) is 45.7. The Hall–Kier alpha value is -1.32. The van der Waals surface area contributed by atoms with Crippen molar-refractivity contribution >= 4 is 13.7 Å². The number of amides is 1. The molecule has 4 unspecified atom stereocenters. The monoisotopic (exact) mass is 686 g/mol. The van der Waals surface area contributed by atoms with Gasteiger partial charge in [-0.1, -0.05) is 140 Å². The number of phosphoric acid groups is 1. The van der Waals surface area contributed by atoms with Gasteiger partial charge in [0, 0.05) is 6.54 Å². The van der Waals surface area contributed by atoms with Crippen LogP contribution in [0.25, 0.3) is 0 Å². The Morgan fingerprint density at radius 3 is 1.77 bits per heavy atom. The number of unbranched alkanes of at least 4 members (excludes halogenated alkanes) is 16. The topological polar surface area (TPSA) is 151 Å². The number of phosphoric ester groups is 1. The number of hydrogen-bond acceptors (Lipinski definition) is 7. The minimum Gasteiger partial charge on any atom is -0.393 e. The maximum atomic E-state index is 12.7. The fourth-order valence-corrected chi connectivity index (χ4v) is 5.91. The summed E-state index contributed by atoms with van der Waals surface area (Å²) in [7, 11) is -4.40. The zero-order chi connectivity index (χ0) is 34.9. The molecule has 0 saturated carbocycles. The molecule has 0 aliphatic carbocycles. The molecule has 0 fully saturated rings. The number of hydrogen-bond donors (Lipinski definition) is 5. The van der Waals surface area contributed by atoms with Gasteiger partial charge in [0.2, 0.25) is 5.91 Å². The predicted molar refractivity (Wildman–Crippen MR) is 195 cm³/mol. The summed E-state index contributed by atoms with van der Waals surface area (Å²) in [6.07, 6.45) is 33.7. The molecule has 0 aromatic heterocycles. The van der Waals surface area contributed by atoms with Crippen molar-refractivity contribution < 1.29 is 33.5 Å². The number of allylic oxidation sites excluding steroid dienone is 5. The molecule has 0 saturated heterocycles. The van der Waals surface area contributed by atoms with Gasteiger partial charge in [0.15, 0.2) is 0 Å². The van der Waals surface area contributed by atoms with Crippen molar-refractivity contribution in [2.24, 2.45) is 5.73 Å². The average Bonchev–Trinajstić information content (AvgIpc) is 3.04. The van der Waals surface area contributed by atoms with E-state index >= 15 is 0 Å². The van der Waals surface area contributed by atoms with Crippen molar-refractivity contribution in [1.29, 1.82) is 0 Å². The van der Waals surface area contributed by atoms with E-state index in [1.165, 1.54) is 77.0 Å². The SMILES string of the molecule is CCCCCCC/C=C/CC/C=C/CC/C=C/C(O)C(COP(=O)(O)OCCN)NC(=O)CC(O)CCCCCCCCCCCC.